The number of hydrogen-bond donors (Lipinski definition) is 1. The average molecular weight is 302 g/mol. The van der Waals surface area contributed by atoms with Crippen molar-refractivity contribution in [1.29, 1.82) is 0 Å². The van der Waals surface area contributed by atoms with Crippen molar-refractivity contribution in [2.24, 2.45) is 0 Å². The molecule has 0 radical (unpaired) electrons. The van der Waals surface area contributed by atoms with Gasteiger partial charge in [0.25, 0.3) is 0 Å². The van der Waals surface area contributed by atoms with Gasteiger partial charge in [0, 0.05) is 11.1 Å². The molecule has 1 aliphatic rings. The van der Waals surface area contributed by atoms with Crippen molar-refractivity contribution in [2.45, 2.75) is 52.7 Å². The molecular formula is C18H22O4. The van der Waals surface area contributed by atoms with Gasteiger partial charge in [0.05, 0.1) is 12.0 Å². The second kappa shape index (κ2) is 5.69. The van der Waals surface area contributed by atoms with Gasteiger partial charge in [0.15, 0.2) is 11.6 Å². The Labute approximate surface area is 130 Å². The van der Waals surface area contributed by atoms with E-state index in [2.05, 4.69) is 0 Å². The second-order valence-electron chi connectivity index (χ2n) is 6.65. The number of allylic oxidation sites excluding steroid dienone is 1. The van der Waals surface area contributed by atoms with E-state index in [9.17, 15) is 14.7 Å². The molecule has 0 saturated carbocycles. The normalized spacial score (nSPS) is 17.3. The molecular weight excluding hydrogens is 280 g/mol. The number of carbonyl (C=O) groups excluding carboxylic acids is 2. The summed E-state index contributed by atoms with van der Waals surface area (Å²) in [7, 11) is 0. The smallest absolute Gasteiger partial charge is 0.170 e. The molecule has 0 bridgehead atoms. The average Bonchev–Trinajstić information content (AvgIpc) is 2.35. The van der Waals surface area contributed by atoms with Crippen LogP contribution in [-0.2, 0) is 0 Å². The number of ketones is 2. The second-order valence-corrected chi connectivity index (χ2v) is 6.65. The Morgan fingerprint density at radius 2 is 1.95 bits per heavy atom. The minimum Gasteiger partial charge on any atom is -0.486 e. The predicted octanol–water partition coefficient (Wildman–Crippen LogP) is 3.63. The lowest BCUT2D eigenvalue weighted by molar-refractivity contribution is 0.0599. The van der Waals surface area contributed by atoms with Crippen LogP contribution in [0.5, 0.6) is 5.75 Å². The van der Waals surface area contributed by atoms with E-state index in [1.165, 1.54) is 6.92 Å². The van der Waals surface area contributed by atoms with Crippen LogP contribution >= 0.6 is 0 Å². The Morgan fingerprint density at radius 3 is 2.50 bits per heavy atom. The number of aliphatic hydroxyl groups is 1. The molecule has 118 valence electrons. The predicted molar refractivity (Wildman–Crippen MR) is 84.5 cm³/mol. The van der Waals surface area contributed by atoms with Gasteiger partial charge in [-0.15, -0.1) is 0 Å². The Bertz CT molecular complexity index is 664. The zero-order valence-electron chi connectivity index (χ0n) is 13.7. The molecule has 22 heavy (non-hydrogen) atoms. The molecule has 1 unspecified atom stereocenters. The van der Waals surface area contributed by atoms with Crippen molar-refractivity contribution in [1.82, 2.24) is 0 Å². The Hall–Kier alpha value is -1.94. The van der Waals surface area contributed by atoms with Crippen LogP contribution in [-0.4, -0.2) is 22.3 Å². The van der Waals surface area contributed by atoms with Gasteiger partial charge < -0.3 is 9.84 Å². The number of benzene rings is 1. The standard InChI is InChI=1S/C18H22O4/c1-10(2)6-15(20)13-7-12(11(3)19)8-14-16(21)9-18(4,5)22-17(13)14/h6-8,15,20H,9H2,1-5H3. The summed E-state index contributed by atoms with van der Waals surface area (Å²) < 4.78 is 5.94. The van der Waals surface area contributed by atoms with Gasteiger partial charge >= 0.3 is 0 Å². The molecule has 1 heterocycles. The van der Waals surface area contributed by atoms with Gasteiger partial charge in [0.1, 0.15) is 17.5 Å². The van der Waals surface area contributed by atoms with Gasteiger partial charge in [0.2, 0.25) is 0 Å². The number of fused-ring (bicyclic) bond motifs is 1. The summed E-state index contributed by atoms with van der Waals surface area (Å²) in [6, 6.07) is 3.17. The number of carbonyl (C=O) groups is 2. The monoisotopic (exact) mass is 302 g/mol. The lowest BCUT2D eigenvalue weighted by Crippen LogP contribution is -2.36. The first-order chi connectivity index (χ1) is 10.1. The first-order valence-electron chi connectivity index (χ1n) is 7.35. The Balaban J connectivity index is 2.68. The van der Waals surface area contributed by atoms with Crippen molar-refractivity contribution in [3.8, 4) is 5.75 Å². The van der Waals surface area contributed by atoms with Crippen LogP contribution in [0.3, 0.4) is 0 Å². The fraction of sp³-hybridized carbons (Fsp3) is 0.444. The third-order valence-electron chi connectivity index (χ3n) is 3.60. The lowest BCUT2D eigenvalue weighted by atomic mass is 9.88. The van der Waals surface area contributed by atoms with E-state index in [4.69, 9.17) is 4.74 Å². The highest BCUT2D eigenvalue weighted by atomic mass is 16.5. The number of Topliss-reactive ketones (excluding diaryl/α,β-unsaturated/α-hetero) is 2. The molecule has 0 saturated heterocycles. The fourth-order valence-corrected chi connectivity index (χ4v) is 2.60. The van der Waals surface area contributed by atoms with Crippen molar-refractivity contribution in [2.75, 3.05) is 0 Å². The molecule has 1 N–H and O–H groups in total. The van der Waals surface area contributed by atoms with Crippen LogP contribution in [0, 0.1) is 0 Å². The van der Waals surface area contributed by atoms with E-state index >= 15 is 0 Å². The molecule has 0 amide bonds. The van der Waals surface area contributed by atoms with Crippen LogP contribution < -0.4 is 4.74 Å². The number of hydrogen-bond acceptors (Lipinski definition) is 4. The summed E-state index contributed by atoms with van der Waals surface area (Å²) in [6.07, 6.45) is 1.01. The molecule has 1 aromatic rings. The first kappa shape index (κ1) is 16.4. The lowest BCUT2D eigenvalue weighted by Gasteiger charge is -2.33. The molecule has 1 aromatic carbocycles. The van der Waals surface area contributed by atoms with E-state index in [1.807, 2.05) is 27.7 Å². The van der Waals surface area contributed by atoms with E-state index in [0.717, 1.165) is 5.57 Å². The van der Waals surface area contributed by atoms with Crippen LogP contribution in [0.15, 0.2) is 23.8 Å². The highest BCUT2D eigenvalue weighted by molar-refractivity contribution is 6.04. The Morgan fingerprint density at radius 1 is 1.32 bits per heavy atom. The van der Waals surface area contributed by atoms with Crippen molar-refractivity contribution in [3.63, 3.8) is 0 Å². The van der Waals surface area contributed by atoms with Crippen LogP contribution in [0.4, 0.5) is 0 Å². The maximum Gasteiger partial charge on any atom is 0.170 e. The van der Waals surface area contributed by atoms with E-state index < -0.39 is 11.7 Å². The molecule has 4 heteroatoms. The third-order valence-corrected chi connectivity index (χ3v) is 3.60. The molecule has 0 aromatic heterocycles. The molecule has 0 spiro atoms. The maximum absolute atomic E-state index is 12.4. The molecule has 1 atom stereocenters. The summed E-state index contributed by atoms with van der Waals surface area (Å²) in [6.45, 7) is 8.87. The first-order valence-corrected chi connectivity index (χ1v) is 7.35. The Kier molecular flexibility index (Phi) is 4.25. The molecule has 2 rings (SSSR count). The summed E-state index contributed by atoms with van der Waals surface area (Å²) in [5.74, 6) is 0.169. The summed E-state index contributed by atoms with van der Waals surface area (Å²) >= 11 is 0. The van der Waals surface area contributed by atoms with E-state index in [-0.39, 0.29) is 18.0 Å². The van der Waals surface area contributed by atoms with Crippen LogP contribution in [0.1, 0.15) is 73.4 Å². The minimum absolute atomic E-state index is 0.0694. The molecule has 4 nitrogen and oxygen atoms in total. The number of rotatable bonds is 3. The SMILES string of the molecule is CC(=O)c1cc2c(c(C(O)C=C(C)C)c1)OC(C)(C)CC2=O. The highest BCUT2D eigenvalue weighted by Gasteiger charge is 2.35. The fourth-order valence-electron chi connectivity index (χ4n) is 2.60. The number of aliphatic hydroxyl groups excluding tert-OH is 1. The zero-order chi connectivity index (χ0) is 16.7. The minimum atomic E-state index is -0.917. The van der Waals surface area contributed by atoms with Crippen LogP contribution in [0.25, 0.3) is 0 Å². The van der Waals surface area contributed by atoms with Gasteiger partial charge in [-0.05, 0) is 46.8 Å². The topological polar surface area (TPSA) is 63.6 Å². The van der Waals surface area contributed by atoms with E-state index in [1.54, 1.807) is 18.2 Å². The molecule has 1 aliphatic heterocycles. The summed E-state index contributed by atoms with van der Waals surface area (Å²) in [5.41, 5.74) is 1.57. The van der Waals surface area contributed by atoms with Gasteiger partial charge in [-0.3, -0.25) is 9.59 Å². The van der Waals surface area contributed by atoms with Crippen molar-refractivity contribution < 1.29 is 19.4 Å². The van der Waals surface area contributed by atoms with Gasteiger partial charge in [-0.2, -0.15) is 0 Å². The largest absolute Gasteiger partial charge is 0.486 e. The maximum atomic E-state index is 12.4. The molecule has 0 aliphatic carbocycles. The number of ether oxygens (including phenoxy) is 1. The molecule has 0 fully saturated rings. The summed E-state index contributed by atoms with van der Waals surface area (Å²) in [4.78, 5) is 24.1. The van der Waals surface area contributed by atoms with Gasteiger partial charge in [-0.25, -0.2) is 0 Å². The third kappa shape index (κ3) is 3.28. The zero-order valence-corrected chi connectivity index (χ0v) is 13.7. The van der Waals surface area contributed by atoms with Crippen LogP contribution in [0.2, 0.25) is 0 Å². The van der Waals surface area contributed by atoms with Crippen molar-refractivity contribution in [3.05, 3.63) is 40.5 Å². The van der Waals surface area contributed by atoms with Gasteiger partial charge in [-0.1, -0.05) is 11.6 Å². The quantitative estimate of drug-likeness (QED) is 0.684. The summed E-state index contributed by atoms with van der Waals surface area (Å²) in [5, 5.41) is 10.4. The van der Waals surface area contributed by atoms with Crippen molar-refractivity contribution >= 4 is 11.6 Å². The van der Waals surface area contributed by atoms with E-state index in [0.29, 0.717) is 22.4 Å². The highest BCUT2D eigenvalue weighted by Crippen LogP contribution is 2.40.